The molecule has 10 heteroatoms. The van der Waals surface area contributed by atoms with Gasteiger partial charge >= 0.3 is 0 Å². The number of likely N-dealkylation sites (tertiary alicyclic amines) is 2. The lowest BCUT2D eigenvalue weighted by Gasteiger charge is -2.42. The number of amides is 3. The molecule has 3 N–H and O–H groups in total. The highest BCUT2D eigenvalue weighted by Crippen LogP contribution is 2.33. The molecule has 10 nitrogen and oxygen atoms in total. The van der Waals surface area contributed by atoms with Crippen molar-refractivity contribution in [2.75, 3.05) is 26.2 Å². The molecule has 0 aliphatic carbocycles. The number of carbonyl (C=O) groups is 3. The normalized spacial score (nSPS) is 30.9. The number of piperidine rings is 1. The molecule has 5 atom stereocenters. The first-order chi connectivity index (χ1) is 15.7. The number of ether oxygens (including phenoxy) is 1. The van der Waals surface area contributed by atoms with Gasteiger partial charge in [-0.3, -0.25) is 14.4 Å². The molecule has 1 aromatic rings. The molecule has 1 aromatic heterocycles. The number of nitrogens with zero attached hydrogens (tertiary/aromatic N) is 3. The van der Waals surface area contributed by atoms with Crippen LogP contribution in [0.3, 0.4) is 0 Å². The Morgan fingerprint density at radius 2 is 2.18 bits per heavy atom. The molecule has 182 valence electrons. The summed E-state index contributed by atoms with van der Waals surface area (Å²) >= 11 is 0. The van der Waals surface area contributed by atoms with Crippen LogP contribution in [-0.4, -0.2) is 92.6 Å². The third kappa shape index (κ3) is 5.55. The number of imidazole rings is 1. The largest absolute Gasteiger partial charge is 0.390 e. The summed E-state index contributed by atoms with van der Waals surface area (Å²) in [6.45, 7) is 5.21. The minimum absolute atomic E-state index is 0.0177. The molecule has 0 radical (unpaired) electrons. The lowest BCUT2D eigenvalue weighted by Crippen LogP contribution is -2.60. The number of fused-ring (bicyclic) bond motifs is 1. The fraction of sp³-hybridized carbons (Fsp3) is 0.739. The zero-order valence-corrected chi connectivity index (χ0v) is 19.5. The van der Waals surface area contributed by atoms with Gasteiger partial charge in [0.25, 0.3) is 0 Å². The van der Waals surface area contributed by atoms with Crippen LogP contribution in [-0.2, 0) is 25.5 Å². The number of aliphatic hydroxyl groups is 1. The van der Waals surface area contributed by atoms with Gasteiger partial charge in [-0.1, -0.05) is 0 Å². The van der Waals surface area contributed by atoms with E-state index in [1.54, 1.807) is 17.4 Å². The van der Waals surface area contributed by atoms with Crippen LogP contribution < -0.4 is 5.32 Å². The van der Waals surface area contributed by atoms with E-state index in [4.69, 9.17) is 4.74 Å². The molecule has 33 heavy (non-hydrogen) atoms. The molecule has 3 fully saturated rings. The number of H-pyrrole nitrogens is 1. The lowest BCUT2D eigenvalue weighted by molar-refractivity contribution is -0.149. The Balaban J connectivity index is 1.50. The number of carbonyl (C=O) groups excluding carboxylic acids is 3. The molecule has 4 heterocycles. The minimum atomic E-state index is -0.749. The average Bonchev–Trinajstić information content (AvgIpc) is 3.42. The standard InChI is InChI=1S/C23H35N5O5/c1-15(29)26-18(11-17-12-24-14-25-17)22(31)28-13-16(10-20-19(28)4-9-33-20)21(30)27-7-3-5-23(2,32)6-8-27/h12,14,16,18-20,32H,3-11,13H2,1-2H3,(H,24,25)(H,26,29)/t16-,18+,19-,20-,23-/m0/s1. The highest BCUT2D eigenvalue weighted by Gasteiger charge is 2.46. The van der Waals surface area contributed by atoms with Gasteiger partial charge in [0.05, 0.1) is 30.0 Å². The van der Waals surface area contributed by atoms with Gasteiger partial charge in [0.2, 0.25) is 17.7 Å². The second kappa shape index (κ2) is 9.80. The summed E-state index contributed by atoms with van der Waals surface area (Å²) in [5, 5.41) is 13.2. The van der Waals surface area contributed by atoms with Crippen LogP contribution in [0, 0.1) is 5.92 Å². The van der Waals surface area contributed by atoms with Crippen molar-refractivity contribution in [2.45, 2.75) is 76.2 Å². The Morgan fingerprint density at radius 3 is 2.91 bits per heavy atom. The second-order valence-corrected chi connectivity index (χ2v) is 9.90. The van der Waals surface area contributed by atoms with Crippen LogP contribution in [0.15, 0.2) is 12.5 Å². The van der Waals surface area contributed by atoms with E-state index in [1.165, 1.54) is 6.92 Å². The molecule has 4 rings (SSSR count). The Hall–Kier alpha value is -2.46. The molecular weight excluding hydrogens is 426 g/mol. The Labute approximate surface area is 194 Å². The Morgan fingerprint density at radius 1 is 1.36 bits per heavy atom. The van der Waals surface area contributed by atoms with E-state index in [2.05, 4.69) is 15.3 Å². The van der Waals surface area contributed by atoms with Crippen LogP contribution >= 0.6 is 0 Å². The summed E-state index contributed by atoms with van der Waals surface area (Å²) in [6, 6.07) is -0.837. The molecule has 0 aromatic carbocycles. The quantitative estimate of drug-likeness (QED) is 0.576. The maximum atomic E-state index is 13.7. The number of aromatic nitrogens is 2. The fourth-order valence-corrected chi connectivity index (χ4v) is 5.38. The second-order valence-electron chi connectivity index (χ2n) is 9.90. The molecule has 0 unspecified atom stereocenters. The molecule has 0 spiro atoms. The molecule has 3 saturated heterocycles. The fourth-order valence-electron chi connectivity index (χ4n) is 5.38. The van der Waals surface area contributed by atoms with E-state index in [0.717, 1.165) is 18.5 Å². The van der Waals surface area contributed by atoms with Gasteiger partial charge in [-0.15, -0.1) is 0 Å². The molecule has 0 bridgehead atoms. The number of nitrogens with one attached hydrogen (secondary N) is 2. The predicted molar refractivity (Wildman–Crippen MR) is 119 cm³/mol. The first kappa shape index (κ1) is 23.7. The predicted octanol–water partition coefficient (Wildman–Crippen LogP) is 0.226. The Kier molecular flexibility index (Phi) is 7.04. The summed E-state index contributed by atoms with van der Waals surface area (Å²) < 4.78 is 5.92. The topological polar surface area (TPSA) is 128 Å². The van der Waals surface area contributed by atoms with Crippen molar-refractivity contribution >= 4 is 17.7 Å². The van der Waals surface area contributed by atoms with Crippen LogP contribution in [0.1, 0.15) is 51.6 Å². The van der Waals surface area contributed by atoms with Crippen LogP contribution in [0.5, 0.6) is 0 Å². The maximum Gasteiger partial charge on any atom is 0.245 e. The zero-order chi connectivity index (χ0) is 23.6. The molecule has 3 aliphatic heterocycles. The monoisotopic (exact) mass is 461 g/mol. The third-order valence-electron chi connectivity index (χ3n) is 7.17. The smallest absolute Gasteiger partial charge is 0.245 e. The Bertz CT molecular complexity index is 857. The van der Waals surface area contributed by atoms with E-state index in [1.807, 2.05) is 11.8 Å². The SMILES string of the molecule is CC(=O)N[C@H](Cc1cnc[nH]1)C(=O)N1C[C@@H](C(=O)N2CCC[C@](C)(O)CC2)C[C@@H]2OCC[C@@H]21. The summed E-state index contributed by atoms with van der Waals surface area (Å²) in [4.78, 5) is 49.5. The van der Waals surface area contributed by atoms with Crippen LogP contribution in [0.2, 0.25) is 0 Å². The highest BCUT2D eigenvalue weighted by atomic mass is 16.5. The van der Waals surface area contributed by atoms with Crippen LogP contribution in [0.4, 0.5) is 0 Å². The number of hydrogen-bond acceptors (Lipinski definition) is 6. The van der Waals surface area contributed by atoms with E-state index >= 15 is 0 Å². The van der Waals surface area contributed by atoms with E-state index in [-0.39, 0.29) is 35.8 Å². The van der Waals surface area contributed by atoms with Crippen molar-refractivity contribution in [3.63, 3.8) is 0 Å². The van der Waals surface area contributed by atoms with Gasteiger partial charge in [0.15, 0.2) is 0 Å². The van der Waals surface area contributed by atoms with Gasteiger partial charge in [-0.05, 0) is 39.0 Å². The summed E-state index contributed by atoms with van der Waals surface area (Å²) in [5.41, 5.74) is 0.00388. The van der Waals surface area contributed by atoms with E-state index in [0.29, 0.717) is 51.9 Å². The van der Waals surface area contributed by atoms with E-state index in [9.17, 15) is 19.5 Å². The number of hydrogen-bond donors (Lipinski definition) is 3. The zero-order valence-electron chi connectivity index (χ0n) is 19.5. The van der Waals surface area contributed by atoms with Crippen molar-refractivity contribution in [3.05, 3.63) is 18.2 Å². The van der Waals surface area contributed by atoms with Crippen molar-refractivity contribution in [1.82, 2.24) is 25.1 Å². The van der Waals surface area contributed by atoms with Crippen molar-refractivity contribution in [2.24, 2.45) is 5.92 Å². The van der Waals surface area contributed by atoms with Crippen molar-refractivity contribution in [1.29, 1.82) is 0 Å². The number of rotatable bonds is 5. The lowest BCUT2D eigenvalue weighted by atomic mass is 9.88. The molecular formula is C23H35N5O5. The van der Waals surface area contributed by atoms with Gasteiger partial charge in [0.1, 0.15) is 6.04 Å². The molecule has 3 amide bonds. The first-order valence-electron chi connectivity index (χ1n) is 11.9. The van der Waals surface area contributed by atoms with Gasteiger partial charge in [-0.2, -0.15) is 0 Å². The molecule has 3 aliphatic rings. The third-order valence-corrected chi connectivity index (χ3v) is 7.17. The first-order valence-corrected chi connectivity index (χ1v) is 11.9. The summed E-state index contributed by atoms with van der Waals surface area (Å²) in [6.07, 6.45) is 6.58. The van der Waals surface area contributed by atoms with Crippen molar-refractivity contribution in [3.8, 4) is 0 Å². The summed E-state index contributed by atoms with van der Waals surface area (Å²) in [5.74, 6) is -0.824. The summed E-state index contributed by atoms with van der Waals surface area (Å²) in [7, 11) is 0. The van der Waals surface area contributed by atoms with Gasteiger partial charge in [0, 0.05) is 51.5 Å². The van der Waals surface area contributed by atoms with Crippen molar-refractivity contribution < 1.29 is 24.2 Å². The average molecular weight is 462 g/mol. The van der Waals surface area contributed by atoms with E-state index < -0.39 is 11.6 Å². The van der Waals surface area contributed by atoms with Gasteiger partial charge < -0.3 is 29.9 Å². The minimum Gasteiger partial charge on any atom is -0.390 e. The molecule has 0 saturated carbocycles. The number of aromatic amines is 1. The maximum absolute atomic E-state index is 13.7. The highest BCUT2D eigenvalue weighted by molar-refractivity contribution is 5.88. The van der Waals surface area contributed by atoms with Gasteiger partial charge in [-0.25, -0.2) is 4.98 Å². The van der Waals surface area contributed by atoms with Crippen LogP contribution in [0.25, 0.3) is 0 Å².